The number of amides is 1. The average molecular weight is 470 g/mol. The molecule has 0 radical (unpaired) electrons. The summed E-state index contributed by atoms with van der Waals surface area (Å²) in [5, 5.41) is 12.6. The summed E-state index contributed by atoms with van der Waals surface area (Å²) in [6.45, 7) is 4.31. The Morgan fingerprint density at radius 1 is 1.34 bits per heavy atom. The third-order valence-corrected chi connectivity index (χ3v) is 7.27. The lowest BCUT2D eigenvalue weighted by Crippen LogP contribution is -2.17. The fourth-order valence-electron chi connectivity index (χ4n) is 3.66. The van der Waals surface area contributed by atoms with Gasteiger partial charge in [-0.3, -0.25) is 14.3 Å². The van der Waals surface area contributed by atoms with E-state index in [0.29, 0.717) is 28.1 Å². The van der Waals surface area contributed by atoms with Gasteiger partial charge in [0.2, 0.25) is 5.91 Å². The van der Waals surface area contributed by atoms with Crippen LogP contribution in [0.15, 0.2) is 42.3 Å². The molecule has 3 aromatic rings. The number of methoxy groups -OCH3 is 1. The molecule has 32 heavy (non-hydrogen) atoms. The highest BCUT2D eigenvalue weighted by molar-refractivity contribution is 7.99. The molecule has 0 fully saturated rings. The van der Waals surface area contributed by atoms with Crippen LogP contribution in [-0.2, 0) is 28.9 Å². The van der Waals surface area contributed by atoms with Gasteiger partial charge >= 0.3 is 5.97 Å². The summed E-state index contributed by atoms with van der Waals surface area (Å²) >= 11 is 2.76. The molecule has 166 valence electrons. The zero-order chi connectivity index (χ0) is 22.5. The minimum atomic E-state index is -0.404. The number of carbonyl (C=O) groups excluding carboxylic acids is 2. The van der Waals surface area contributed by atoms with Gasteiger partial charge in [0.05, 0.1) is 18.4 Å². The number of thiophene rings is 1. The summed E-state index contributed by atoms with van der Waals surface area (Å²) in [6.07, 6.45) is 9.07. The van der Waals surface area contributed by atoms with E-state index < -0.39 is 5.97 Å². The van der Waals surface area contributed by atoms with Gasteiger partial charge in [0.15, 0.2) is 11.0 Å². The number of aryl methyl sites for hydroxylation is 1. The van der Waals surface area contributed by atoms with E-state index in [4.69, 9.17) is 4.74 Å². The molecule has 1 aliphatic rings. The van der Waals surface area contributed by atoms with E-state index in [-0.39, 0.29) is 11.7 Å². The number of nitrogens with zero attached hydrogens (tertiary/aromatic N) is 4. The van der Waals surface area contributed by atoms with E-state index in [1.54, 1.807) is 18.5 Å². The Hall–Kier alpha value is -2.98. The van der Waals surface area contributed by atoms with E-state index in [1.165, 1.54) is 30.2 Å². The highest BCUT2D eigenvalue weighted by Gasteiger charge is 2.27. The topological polar surface area (TPSA) is 99.0 Å². The van der Waals surface area contributed by atoms with E-state index in [0.717, 1.165) is 41.7 Å². The Labute approximate surface area is 194 Å². The molecule has 0 aliphatic heterocycles. The molecule has 4 rings (SSSR count). The highest BCUT2D eigenvalue weighted by Crippen LogP contribution is 2.38. The first-order valence-electron chi connectivity index (χ1n) is 10.2. The van der Waals surface area contributed by atoms with Crippen LogP contribution in [0.25, 0.3) is 11.4 Å². The number of hydrogen-bond donors (Lipinski definition) is 1. The summed E-state index contributed by atoms with van der Waals surface area (Å²) in [5.41, 5.74) is 2.35. The maximum Gasteiger partial charge on any atom is 0.341 e. The standard InChI is InChI=1S/C22H23N5O3S2/c1-3-11-27-19(14-7-6-10-23-12-14)25-26-22(27)31-13-17(28)24-20-18(21(29)30-2)15-8-4-5-9-16(15)32-20/h3,6-7,10,12H,1,4-5,8-9,11,13H2,2H3,(H,24,28). The van der Waals surface area contributed by atoms with Gasteiger partial charge in [-0.25, -0.2) is 4.79 Å². The molecule has 0 spiro atoms. The summed E-state index contributed by atoms with van der Waals surface area (Å²) < 4.78 is 6.87. The lowest BCUT2D eigenvalue weighted by atomic mass is 9.95. The number of aromatic nitrogens is 4. The Bertz CT molecular complexity index is 1140. The SMILES string of the molecule is C=CCn1c(SCC(=O)Nc2sc3c(c2C(=O)OC)CCCC3)nnc1-c1cccnc1. The van der Waals surface area contributed by atoms with Crippen LogP contribution in [-0.4, -0.2) is 44.5 Å². The van der Waals surface area contributed by atoms with Crippen molar-refractivity contribution in [2.24, 2.45) is 0 Å². The quantitative estimate of drug-likeness (QED) is 0.303. The molecule has 8 nitrogen and oxygen atoms in total. The second-order valence-electron chi connectivity index (χ2n) is 7.19. The zero-order valence-electron chi connectivity index (χ0n) is 17.7. The van der Waals surface area contributed by atoms with Gasteiger partial charge in [0, 0.05) is 29.4 Å². The molecule has 3 aromatic heterocycles. The van der Waals surface area contributed by atoms with Crippen molar-refractivity contribution in [3.63, 3.8) is 0 Å². The van der Waals surface area contributed by atoms with Crippen LogP contribution in [0.4, 0.5) is 5.00 Å². The number of thioether (sulfide) groups is 1. The summed E-state index contributed by atoms with van der Waals surface area (Å²) in [6, 6.07) is 3.74. The molecule has 1 aliphatic carbocycles. The first kappa shape index (κ1) is 22.2. The molecule has 1 amide bonds. The first-order valence-corrected chi connectivity index (χ1v) is 12.0. The van der Waals surface area contributed by atoms with Crippen molar-refractivity contribution in [3.05, 3.63) is 53.2 Å². The van der Waals surface area contributed by atoms with Crippen molar-refractivity contribution in [3.8, 4) is 11.4 Å². The second-order valence-corrected chi connectivity index (χ2v) is 9.24. The Balaban J connectivity index is 1.49. The number of ether oxygens (including phenoxy) is 1. The second kappa shape index (κ2) is 10.1. The molecule has 0 atom stereocenters. The van der Waals surface area contributed by atoms with Gasteiger partial charge in [0.1, 0.15) is 5.00 Å². The number of carbonyl (C=O) groups is 2. The van der Waals surface area contributed by atoms with E-state index in [9.17, 15) is 9.59 Å². The number of fused-ring (bicyclic) bond motifs is 1. The van der Waals surface area contributed by atoms with Crippen LogP contribution < -0.4 is 5.32 Å². The van der Waals surface area contributed by atoms with Crippen LogP contribution in [0.2, 0.25) is 0 Å². The van der Waals surface area contributed by atoms with E-state index >= 15 is 0 Å². The molecule has 0 unspecified atom stereocenters. The minimum Gasteiger partial charge on any atom is -0.465 e. The average Bonchev–Trinajstić information content (AvgIpc) is 3.39. The van der Waals surface area contributed by atoms with E-state index in [2.05, 4.69) is 27.1 Å². The van der Waals surface area contributed by atoms with Gasteiger partial charge in [-0.15, -0.1) is 28.1 Å². The molecule has 3 heterocycles. The van der Waals surface area contributed by atoms with E-state index in [1.807, 2.05) is 16.7 Å². The minimum absolute atomic E-state index is 0.130. The monoisotopic (exact) mass is 469 g/mol. The lowest BCUT2D eigenvalue weighted by molar-refractivity contribution is -0.113. The summed E-state index contributed by atoms with van der Waals surface area (Å²) in [4.78, 5) is 30.4. The first-order chi connectivity index (χ1) is 15.6. The van der Waals surface area contributed by atoms with Gasteiger partial charge in [-0.2, -0.15) is 0 Å². The number of anilines is 1. The number of rotatable bonds is 8. The van der Waals surface area contributed by atoms with Crippen molar-refractivity contribution < 1.29 is 14.3 Å². The van der Waals surface area contributed by atoms with Crippen molar-refractivity contribution in [2.45, 2.75) is 37.4 Å². The largest absolute Gasteiger partial charge is 0.465 e. The van der Waals surface area contributed by atoms with Crippen LogP contribution in [0.5, 0.6) is 0 Å². The molecule has 0 aromatic carbocycles. The van der Waals surface area contributed by atoms with Gasteiger partial charge in [-0.1, -0.05) is 17.8 Å². The van der Waals surface area contributed by atoms with Gasteiger partial charge in [-0.05, 0) is 43.4 Å². The number of nitrogens with one attached hydrogen (secondary N) is 1. The Morgan fingerprint density at radius 2 is 2.19 bits per heavy atom. The number of esters is 1. The van der Waals surface area contributed by atoms with Crippen LogP contribution in [0.3, 0.4) is 0 Å². The molecule has 0 saturated heterocycles. The number of allylic oxidation sites excluding steroid dienone is 1. The molecule has 0 bridgehead atoms. The highest BCUT2D eigenvalue weighted by atomic mass is 32.2. The predicted molar refractivity (Wildman–Crippen MR) is 125 cm³/mol. The van der Waals surface area contributed by atoms with Crippen LogP contribution in [0.1, 0.15) is 33.6 Å². The molecule has 10 heteroatoms. The fraction of sp³-hybridized carbons (Fsp3) is 0.318. The predicted octanol–water partition coefficient (Wildman–Crippen LogP) is 3.98. The van der Waals surface area contributed by atoms with Crippen molar-refractivity contribution in [1.29, 1.82) is 0 Å². The fourth-order valence-corrected chi connectivity index (χ4v) is 5.70. The summed E-state index contributed by atoms with van der Waals surface area (Å²) in [5.74, 6) is 0.180. The number of pyridine rings is 1. The number of hydrogen-bond acceptors (Lipinski definition) is 8. The maximum atomic E-state index is 12.7. The molecule has 1 N–H and O–H groups in total. The smallest absolute Gasteiger partial charge is 0.341 e. The molecular weight excluding hydrogens is 446 g/mol. The van der Waals surface area contributed by atoms with Gasteiger partial charge < -0.3 is 10.1 Å². The lowest BCUT2D eigenvalue weighted by Gasteiger charge is -2.11. The van der Waals surface area contributed by atoms with Crippen molar-refractivity contribution >= 4 is 40.0 Å². The Morgan fingerprint density at radius 3 is 2.94 bits per heavy atom. The zero-order valence-corrected chi connectivity index (χ0v) is 19.3. The molecule has 0 saturated carbocycles. The van der Waals surface area contributed by atoms with Crippen molar-refractivity contribution in [2.75, 3.05) is 18.2 Å². The van der Waals surface area contributed by atoms with Crippen LogP contribution in [0, 0.1) is 0 Å². The van der Waals surface area contributed by atoms with Crippen LogP contribution >= 0.6 is 23.1 Å². The van der Waals surface area contributed by atoms with Crippen molar-refractivity contribution in [1.82, 2.24) is 19.7 Å². The van der Waals surface area contributed by atoms with Gasteiger partial charge in [0.25, 0.3) is 0 Å². The normalized spacial score (nSPS) is 12.8. The third-order valence-electron chi connectivity index (χ3n) is 5.09. The maximum absolute atomic E-state index is 12.7. The summed E-state index contributed by atoms with van der Waals surface area (Å²) in [7, 11) is 1.36. The Kier molecular flexibility index (Phi) is 7.01. The molecular formula is C22H23N5O3S2. The third kappa shape index (κ3) is 4.61.